The molecule has 6 heteroatoms. The summed E-state index contributed by atoms with van der Waals surface area (Å²) in [5.41, 5.74) is 3.19. The quantitative estimate of drug-likeness (QED) is 0.626. The van der Waals surface area contributed by atoms with Crippen molar-refractivity contribution in [1.29, 1.82) is 0 Å². The van der Waals surface area contributed by atoms with Crippen molar-refractivity contribution in [3.05, 3.63) is 95.3 Å². The Balaban J connectivity index is 1.32. The molecule has 3 aromatic carbocycles. The number of nitrogens with one attached hydrogen (secondary N) is 1. The van der Waals surface area contributed by atoms with E-state index in [1.807, 2.05) is 29.2 Å². The molecule has 0 saturated carbocycles. The Morgan fingerprint density at radius 2 is 1.73 bits per heavy atom. The highest BCUT2D eigenvalue weighted by Crippen LogP contribution is 2.38. The summed E-state index contributed by atoms with van der Waals surface area (Å²) in [5, 5.41) is 2.76. The molecule has 2 aliphatic heterocycles. The van der Waals surface area contributed by atoms with Crippen LogP contribution in [0.4, 0.5) is 10.1 Å². The Kier molecular flexibility index (Phi) is 5.82. The minimum atomic E-state index is -0.232. The van der Waals surface area contributed by atoms with Crippen molar-refractivity contribution in [2.75, 3.05) is 25.0 Å². The van der Waals surface area contributed by atoms with Crippen molar-refractivity contribution in [1.82, 2.24) is 4.90 Å². The topological polar surface area (TPSA) is 58.6 Å². The van der Waals surface area contributed by atoms with Crippen LogP contribution in [0.2, 0.25) is 0 Å². The number of ether oxygens (including phenoxy) is 1. The summed E-state index contributed by atoms with van der Waals surface area (Å²) in [7, 11) is 0. The maximum Gasteiger partial charge on any atom is 0.262 e. The Labute approximate surface area is 192 Å². The molecule has 0 unspecified atom stereocenters. The molecule has 2 heterocycles. The van der Waals surface area contributed by atoms with Crippen molar-refractivity contribution < 1.29 is 18.7 Å². The Hall–Kier alpha value is -3.67. The van der Waals surface area contributed by atoms with Gasteiger partial charge in [-0.15, -0.1) is 0 Å². The molecule has 0 radical (unpaired) electrons. The van der Waals surface area contributed by atoms with E-state index in [0.29, 0.717) is 36.0 Å². The van der Waals surface area contributed by atoms with Gasteiger partial charge in [0.1, 0.15) is 11.6 Å². The van der Waals surface area contributed by atoms with Gasteiger partial charge in [0.05, 0.1) is 5.69 Å². The molecule has 1 fully saturated rings. The second-order valence-electron chi connectivity index (χ2n) is 8.62. The van der Waals surface area contributed by atoms with Gasteiger partial charge in [-0.3, -0.25) is 9.59 Å². The molecule has 5 nitrogen and oxygen atoms in total. The van der Waals surface area contributed by atoms with Crippen molar-refractivity contribution in [3.63, 3.8) is 0 Å². The van der Waals surface area contributed by atoms with Gasteiger partial charge in [0.15, 0.2) is 6.61 Å². The number of hydrogen-bond donors (Lipinski definition) is 1. The van der Waals surface area contributed by atoms with Crippen LogP contribution in [0.15, 0.2) is 72.8 Å². The third-order valence-corrected chi connectivity index (χ3v) is 6.52. The van der Waals surface area contributed by atoms with Crippen LogP contribution in [0, 0.1) is 11.7 Å². The smallest absolute Gasteiger partial charge is 0.262 e. The minimum Gasteiger partial charge on any atom is -0.482 e. The number of piperidine rings is 1. The Bertz CT molecular complexity index is 1170. The number of fused-ring (bicyclic) bond motifs is 1. The summed E-state index contributed by atoms with van der Waals surface area (Å²) in [6, 6.07) is 22.2. The first-order valence-electron chi connectivity index (χ1n) is 11.2. The summed E-state index contributed by atoms with van der Waals surface area (Å²) < 4.78 is 19.4. The van der Waals surface area contributed by atoms with E-state index in [4.69, 9.17) is 4.74 Å². The molecule has 0 bridgehead atoms. The highest BCUT2D eigenvalue weighted by Gasteiger charge is 2.31. The predicted octanol–water partition coefficient (Wildman–Crippen LogP) is 4.84. The monoisotopic (exact) mass is 444 g/mol. The van der Waals surface area contributed by atoms with E-state index < -0.39 is 0 Å². The number of carbonyl (C=O) groups is 2. The third kappa shape index (κ3) is 4.46. The molecule has 1 atom stereocenters. The van der Waals surface area contributed by atoms with Gasteiger partial charge in [-0.2, -0.15) is 0 Å². The van der Waals surface area contributed by atoms with Crippen molar-refractivity contribution >= 4 is 17.5 Å². The molecule has 0 aromatic heterocycles. The first kappa shape index (κ1) is 21.2. The molecule has 33 heavy (non-hydrogen) atoms. The van der Waals surface area contributed by atoms with E-state index in [1.165, 1.54) is 11.6 Å². The number of halogens is 1. The van der Waals surface area contributed by atoms with Gasteiger partial charge in [0.25, 0.3) is 11.8 Å². The first-order chi connectivity index (χ1) is 16.1. The van der Waals surface area contributed by atoms with E-state index in [9.17, 15) is 14.0 Å². The zero-order valence-electron chi connectivity index (χ0n) is 18.2. The fourth-order valence-electron chi connectivity index (χ4n) is 4.93. The van der Waals surface area contributed by atoms with E-state index in [-0.39, 0.29) is 30.2 Å². The second-order valence-corrected chi connectivity index (χ2v) is 8.62. The summed E-state index contributed by atoms with van der Waals surface area (Å²) in [5.74, 6) is 0.440. The highest BCUT2D eigenvalue weighted by atomic mass is 19.1. The molecule has 5 rings (SSSR count). The van der Waals surface area contributed by atoms with Crippen LogP contribution in [-0.2, 0) is 4.79 Å². The van der Waals surface area contributed by atoms with Gasteiger partial charge in [-0.25, -0.2) is 4.39 Å². The molecular weight excluding hydrogens is 419 g/mol. The molecule has 1 N–H and O–H groups in total. The summed E-state index contributed by atoms with van der Waals surface area (Å²) in [6.45, 7) is 1.24. The lowest BCUT2D eigenvalue weighted by Crippen LogP contribution is -2.40. The van der Waals surface area contributed by atoms with Gasteiger partial charge in [0.2, 0.25) is 0 Å². The largest absolute Gasteiger partial charge is 0.482 e. The number of amides is 2. The van der Waals surface area contributed by atoms with Crippen LogP contribution in [0.25, 0.3) is 0 Å². The van der Waals surface area contributed by atoms with Crippen LogP contribution < -0.4 is 10.1 Å². The maximum atomic E-state index is 14.0. The fourth-order valence-corrected chi connectivity index (χ4v) is 4.93. The molecule has 2 aliphatic rings. The lowest BCUT2D eigenvalue weighted by Gasteiger charge is -2.37. The van der Waals surface area contributed by atoms with Crippen molar-refractivity contribution in [3.8, 4) is 5.75 Å². The van der Waals surface area contributed by atoms with Gasteiger partial charge in [0, 0.05) is 24.6 Å². The lowest BCUT2D eigenvalue weighted by atomic mass is 9.76. The maximum absolute atomic E-state index is 14.0. The molecule has 2 amide bonds. The molecule has 168 valence electrons. The molecular formula is C27H25FN2O3. The number of anilines is 1. The molecule has 3 aromatic rings. The molecule has 1 saturated heterocycles. The zero-order valence-corrected chi connectivity index (χ0v) is 18.2. The predicted molar refractivity (Wildman–Crippen MR) is 124 cm³/mol. The normalized spacial score (nSPS) is 17.0. The van der Waals surface area contributed by atoms with Gasteiger partial charge in [-0.05, 0) is 60.2 Å². The van der Waals surface area contributed by atoms with E-state index in [1.54, 1.807) is 30.3 Å². The lowest BCUT2D eigenvalue weighted by molar-refractivity contribution is -0.118. The first-order valence-corrected chi connectivity index (χ1v) is 11.2. The number of rotatable bonds is 4. The van der Waals surface area contributed by atoms with E-state index >= 15 is 0 Å². The van der Waals surface area contributed by atoms with E-state index in [2.05, 4.69) is 17.4 Å². The Morgan fingerprint density at radius 1 is 0.970 bits per heavy atom. The third-order valence-electron chi connectivity index (χ3n) is 6.52. The number of likely N-dealkylation sites (tertiary alicyclic amines) is 1. The molecule has 0 aliphatic carbocycles. The number of carbonyl (C=O) groups excluding carboxylic acids is 2. The van der Waals surface area contributed by atoms with Crippen LogP contribution >= 0.6 is 0 Å². The second kappa shape index (κ2) is 9.06. The standard InChI is InChI=1S/C27H25FN2O3/c28-22-8-4-7-20(15-22)26(18-5-2-1-3-6-18)19-11-13-30(14-12-19)27(32)21-9-10-24-23(16-21)29-25(31)17-33-24/h1-10,15-16,19,26H,11-14,17H2,(H,29,31)/t26-/m1/s1. The van der Waals surface area contributed by atoms with Crippen LogP contribution in [-0.4, -0.2) is 36.4 Å². The zero-order chi connectivity index (χ0) is 22.8. The van der Waals surface area contributed by atoms with Crippen molar-refractivity contribution in [2.45, 2.75) is 18.8 Å². The van der Waals surface area contributed by atoms with Crippen LogP contribution in [0.3, 0.4) is 0 Å². The average Bonchev–Trinajstić information content (AvgIpc) is 2.84. The average molecular weight is 445 g/mol. The summed E-state index contributed by atoms with van der Waals surface area (Å²) >= 11 is 0. The van der Waals surface area contributed by atoms with Crippen LogP contribution in [0.5, 0.6) is 5.75 Å². The molecule has 0 spiro atoms. The van der Waals surface area contributed by atoms with E-state index in [0.717, 1.165) is 18.4 Å². The minimum absolute atomic E-state index is 0.0122. The van der Waals surface area contributed by atoms with Crippen LogP contribution in [0.1, 0.15) is 40.2 Å². The summed E-state index contributed by atoms with van der Waals surface area (Å²) in [6.07, 6.45) is 1.65. The highest BCUT2D eigenvalue weighted by molar-refractivity contribution is 5.99. The van der Waals surface area contributed by atoms with Gasteiger partial charge in [-0.1, -0.05) is 42.5 Å². The Morgan fingerprint density at radius 3 is 2.48 bits per heavy atom. The SMILES string of the molecule is O=C1COc2ccc(C(=O)N3CCC([C@@H](c4ccccc4)c4cccc(F)c4)CC3)cc2N1. The summed E-state index contributed by atoms with van der Waals surface area (Å²) in [4.78, 5) is 26.6. The van der Waals surface area contributed by atoms with Gasteiger partial charge >= 0.3 is 0 Å². The number of hydrogen-bond acceptors (Lipinski definition) is 3. The fraction of sp³-hybridized carbons (Fsp3) is 0.259. The van der Waals surface area contributed by atoms with Crippen molar-refractivity contribution in [2.24, 2.45) is 5.92 Å². The number of nitrogens with zero attached hydrogens (tertiary/aromatic N) is 1. The number of benzene rings is 3. The van der Waals surface area contributed by atoms with Gasteiger partial charge < -0.3 is 15.0 Å².